The van der Waals surface area contributed by atoms with Crippen LogP contribution in [-0.4, -0.2) is 14.2 Å². The van der Waals surface area contributed by atoms with Crippen molar-refractivity contribution in [2.75, 3.05) is 14.2 Å². The molecule has 0 aromatic heterocycles. The molecule has 0 aliphatic carbocycles. The highest BCUT2D eigenvalue weighted by molar-refractivity contribution is 5.70. The lowest BCUT2D eigenvalue weighted by atomic mass is 9.81. The number of rotatable bonds is 3. The van der Waals surface area contributed by atoms with E-state index in [0.29, 0.717) is 0 Å². The van der Waals surface area contributed by atoms with Crippen LogP contribution < -0.4 is 9.47 Å². The first kappa shape index (κ1) is 19.4. The molecule has 0 bridgehead atoms. The molecular formula is C23H32O2. The van der Waals surface area contributed by atoms with Gasteiger partial charge in [0.2, 0.25) is 0 Å². The van der Waals surface area contributed by atoms with Crippen LogP contribution in [-0.2, 0) is 10.8 Å². The molecule has 0 aliphatic rings. The van der Waals surface area contributed by atoms with E-state index in [1.54, 1.807) is 14.2 Å². The lowest BCUT2D eigenvalue weighted by Gasteiger charge is -2.25. The summed E-state index contributed by atoms with van der Waals surface area (Å²) in [7, 11) is 3.46. The van der Waals surface area contributed by atoms with Crippen LogP contribution in [0.1, 0.15) is 58.2 Å². The molecule has 0 fully saturated rings. The van der Waals surface area contributed by atoms with Gasteiger partial charge in [0.25, 0.3) is 0 Å². The summed E-state index contributed by atoms with van der Waals surface area (Å²) in [6, 6.07) is 10.9. The van der Waals surface area contributed by atoms with Crippen LogP contribution in [0.3, 0.4) is 0 Å². The summed E-state index contributed by atoms with van der Waals surface area (Å²) in [5, 5.41) is 0. The predicted octanol–water partition coefficient (Wildman–Crippen LogP) is 6.27. The monoisotopic (exact) mass is 340 g/mol. The Morgan fingerprint density at radius 1 is 0.680 bits per heavy atom. The fourth-order valence-corrected chi connectivity index (χ4v) is 3.16. The van der Waals surface area contributed by atoms with Crippen LogP contribution in [0.15, 0.2) is 30.3 Å². The van der Waals surface area contributed by atoms with Gasteiger partial charge in [-0.3, -0.25) is 0 Å². The molecule has 2 rings (SSSR count). The maximum atomic E-state index is 5.67. The van der Waals surface area contributed by atoms with Crippen molar-refractivity contribution in [3.63, 3.8) is 0 Å². The normalized spacial score (nSPS) is 12.2. The van der Waals surface area contributed by atoms with E-state index >= 15 is 0 Å². The zero-order valence-electron chi connectivity index (χ0n) is 17.2. The Labute approximate surface area is 153 Å². The van der Waals surface area contributed by atoms with E-state index in [-0.39, 0.29) is 10.8 Å². The minimum absolute atomic E-state index is 0.0547. The Bertz CT molecular complexity index is 759. The molecule has 0 heterocycles. The zero-order chi connectivity index (χ0) is 19.0. The SMILES string of the molecule is COc1cc(-c2cc(OC)c(C)c(C(C)(C)C)c2)cc(C(C)(C)C)c1. The van der Waals surface area contributed by atoms with Gasteiger partial charge in [-0.1, -0.05) is 53.7 Å². The number of hydrogen-bond acceptors (Lipinski definition) is 2. The van der Waals surface area contributed by atoms with Crippen LogP contribution in [0.4, 0.5) is 0 Å². The average Bonchev–Trinajstić information content (AvgIpc) is 2.52. The first-order valence-electron chi connectivity index (χ1n) is 8.86. The van der Waals surface area contributed by atoms with Crippen LogP contribution >= 0.6 is 0 Å². The maximum Gasteiger partial charge on any atom is 0.122 e. The molecule has 0 spiro atoms. The van der Waals surface area contributed by atoms with Crippen molar-refractivity contribution >= 4 is 0 Å². The lowest BCUT2D eigenvalue weighted by molar-refractivity contribution is 0.409. The van der Waals surface area contributed by atoms with Crippen molar-refractivity contribution in [3.05, 3.63) is 47.0 Å². The highest BCUT2D eigenvalue weighted by Crippen LogP contribution is 2.38. The van der Waals surface area contributed by atoms with E-state index in [2.05, 4.69) is 78.8 Å². The largest absolute Gasteiger partial charge is 0.497 e. The predicted molar refractivity (Wildman–Crippen MR) is 107 cm³/mol. The molecule has 0 unspecified atom stereocenters. The molecular weight excluding hydrogens is 308 g/mol. The van der Waals surface area contributed by atoms with Crippen molar-refractivity contribution in [2.24, 2.45) is 0 Å². The summed E-state index contributed by atoms with van der Waals surface area (Å²) in [4.78, 5) is 0. The van der Waals surface area contributed by atoms with Crippen LogP contribution in [0.5, 0.6) is 11.5 Å². The molecule has 0 N–H and O–H groups in total. The third-order valence-electron chi connectivity index (χ3n) is 4.73. The Balaban J connectivity index is 2.73. The molecule has 0 atom stereocenters. The van der Waals surface area contributed by atoms with Crippen LogP contribution in [0, 0.1) is 6.92 Å². The van der Waals surface area contributed by atoms with E-state index < -0.39 is 0 Å². The van der Waals surface area contributed by atoms with Crippen molar-refractivity contribution in [3.8, 4) is 22.6 Å². The van der Waals surface area contributed by atoms with Crippen molar-refractivity contribution in [2.45, 2.75) is 59.3 Å². The summed E-state index contributed by atoms with van der Waals surface area (Å²) < 4.78 is 11.2. The second-order valence-corrected chi connectivity index (χ2v) is 8.80. The summed E-state index contributed by atoms with van der Waals surface area (Å²) in [6.45, 7) is 15.5. The van der Waals surface area contributed by atoms with Crippen molar-refractivity contribution in [1.82, 2.24) is 0 Å². The topological polar surface area (TPSA) is 18.5 Å². The summed E-state index contributed by atoms with van der Waals surface area (Å²) in [5.41, 5.74) is 6.22. The van der Waals surface area contributed by atoms with Gasteiger partial charge in [0.05, 0.1) is 14.2 Å². The van der Waals surface area contributed by atoms with Crippen LogP contribution in [0.2, 0.25) is 0 Å². The molecule has 0 saturated carbocycles. The van der Waals surface area contributed by atoms with Gasteiger partial charge in [0.1, 0.15) is 11.5 Å². The summed E-state index contributed by atoms with van der Waals surface area (Å²) in [5.74, 6) is 1.82. The van der Waals surface area contributed by atoms with Gasteiger partial charge in [-0.15, -0.1) is 0 Å². The molecule has 0 aliphatic heterocycles. The minimum Gasteiger partial charge on any atom is -0.497 e. The van der Waals surface area contributed by atoms with E-state index in [9.17, 15) is 0 Å². The van der Waals surface area contributed by atoms with Crippen molar-refractivity contribution in [1.29, 1.82) is 0 Å². The average molecular weight is 341 g/mol. The second kappa shape index (κ2) is 6.74. The molecule has 0 radical (unpaired) electrons. The molecule has 25 heavy (non-hydrogen) atoms. The maximum absolute atomic E-state index is 5.67. The third-order valence-corrected chi connectivity index (χ3v) is 4.73. The van der Waals surface area contributed by atoms with Gasteiger partial charge in [0.15, 0.2) is 0 Å². The zero-order valence-corrected chi connectivity index (χ0v) is 17.2. The second-order valence-electron chi connectivity index (χ2n) is 8.80. The number of hydrogen-bond donors (Lipinski definition) is 0. The van der Waals surface area contributed by atoms with E-state index in [1.807, 2.05) is 0 Å². The fourth-order valence-electron chi connectivity index (χ4n) is 3.16. The summed E-state index contributed by atoms with van der Waals surface area (Å²) >= 11 is 0. The Morgan fingerprint density at radius 2 is 1.28 bits per heavy atom. The third kappa shape index (κ3) is 4.18. The number of benzene rings is 2. The Morgan fingerprint density at radius 3 is 1.76 bits per heavy atom. The highest BCUT2D eigenvalue weighted by Gasteiger charge is 2.21. The molecule has 0 amide bonds. The van der Waals surface area contributed by atoms with Gasteiger partial charge in [-0.05, 0) is 63.8 Å². The molecule has 136 valence electrons. The Kier molecular flexibility index (Phi) is 5.22. The van der Waals surface area contributed by atoms with Gasteiger partial charge in [0, 0.05) is 0 Å². The standard InChI is InChI=1S/C23H32O2/c1-15-20(23(5,6)7)12-17(13-21(15)25-9)16-10-18(22(2,3)4)14-19(11-16)24-8/h10-14H,1-9H3. The van der Waals surface area contributed by atoms with E-state index in [0.717, 1.165) is 22.6 Å². The van der Waals surface area contributed by atoms with Gasteiger partial charge >= 0.3 is 0 Å². The lowest BCUT2D eigenvalue weighted by Crippen LogP contribution is -2.14. The van der Waals surface area contributed by atoms with Gasteiger partial charge in [-0.2, -0.15) is 0 Å². The fraction of sp³-hybridized carbons (Fsp3) is 0.478. The molecule has 0 saturated heterocycles. The molecule has 2 nitrogen and oxygen atoms in total. The highest BCUT2D eigenvalue weighted by atomic mass is 16.5. The smallest absolute Gasteiger partial charge is 0.122 e. The van der Waals surface area contributed by atoms with Gasteiger partial charge < -0.3 is 9.47 Å². The van der Waals surface area contributed by atoms with Crippen molar-refractivity contribution < 1.29 is 9.47 Å². The number of ether oxygens (including phenoxy) is 2. The quantitative estimate of drug-likeness (QED) is 0.655. The first-order chi connectivity index (χ1) is 11.5. The van der Waals surface area contributed by atoms with E-state index in [1.165, 1.54) is 16.7 Å². The minimum atomic E-state index is 0.0547. The molecule has 2 heteroatoms. The number of methoxy groups -OCH3 is 2. The van der Waals surface area contributed by atoms with E-state index in [4.69, 9.17) is 9.47 Å². The first-order valence-corrected chi connectivity index (χ1v) is 8.86. The summed E-state index contributed by atoms with van der Waals surface area (Å²) in [6.07, 6.45) is 0. The molecule has 2 aromatic carbocycles. The van der Waals surface area contributed by atoms with Crippen LogP contribution in [0.25, 0.3) is 11.1 Å². The molecule has 2 aromatic rings. The Hall–Kier alpha value is -1.96. The van der Waals surface area contributed by atoms with Gasteiger partial charge in [-0.25, -0.2) is 0 Å².